The monoisotopic (exact) mass is 287 g/mol. The van der Waals surface area contributed by atoms with Gasteiger partial charge in [0.2, 0.25) is 0 Å². The standard InChI is InChI=1S/C12H8Cl3NO/c13-7-4-9(14)12(10(15)5-7)8-2-1-3-16-11(8)6-17/h1-5,17H,6H2. The third-order valence-corrected chi connectivity index (χ3v) is 3.13. The Morgan fingerprint density at radius 1 is 1.12 bits per heavy atom. The van der Waals surface area contributed by atoms with E-state index in [4.69, 9.17) is 34.8 Å². The van der Waals surface area contributed by atoms with E-state index >= 15 is 0 Å². The molecule has 0 spiro atoms. The average Bonchev–Trinajstić information content (AvgIpc) is 2.28. The van der Waals surface area contributed by atoms with Crippen LogP contribution in [0, 0.1) is 0 Å². The van der Waals surface area contributed by atoms with Crippen molar-refractivity contribution < 1.29 is 5.11 Å². The summed E-state index contributed by atoms with van der Waals surface area (Å²) in [5.74, 6) is 0. The van der Waals surface area contributed by atoms with Gasteiger partial charge in [-0.25, -0.2) is 0 Å². The van der Waals surface area contributed by atoms with Gasteiger partial charge in [0.25, 0.3) is 0 Å². The predicted molar refractivity (Wildman–Crippen MR) is 70.6 cm³/mol. The van der Waals surface area contributed by atoms with Crippen LogP contribution in [0.2, 0.25) is 15.1 Å². The molecule has 0 radical (unpaired) electrons. The number of rotatable bonds is 2. The Kier molecular flexibility index (Phi) is 3.89. The fourth-order valence-electron chi connectivity index (χ4n) is 1.59. The molecule has 2 aromatic rings. The van der Waals surface area contributed by atoms with Crippen LogP contribution in [0.3, 0.4) is 0 Å². The fourth-order valence-corrected chi connectivity index (χ4v) is 2.61. The van der Waals surface area contributed by atoms with E-state index in [9.17, 15) is 5.11 Å². The summed E-state index contributed by atoms with van der Waals surface area (Å²) in [6.45, 7) is -0.175. The van der Waals surface area contributed by atoms with Gasteiger partial charge in [-0.15, -0.1) is 0 Å². The summed E-state index contributed by atoms with van der Waals surface area (Å²) in [5.41, 5.74) is 1.87. The summed E-state index contributed by atoms with van der Waals surface area (Å²) in [6.07, 6.45) is 1.60. The second-order valence-electron chi connectivity index (χ2n) is 3.40. The number of aliphatic hydroxyl groups excluding tert-OH is 1. The van der Waals surface area contributed by atoms with Crippen molar-refractivity contribution in [2.45, 2.75) is 6.61 Å². The molecule has 0 saturated carbocycles. The topological polar surface area (TPSA) is 33.1 Å². The van der Waals surface area contributed by atoms with Crippen molar-refractivity contribution in [3.05, 3.63) is 51.2 Å². The summed E-state index contributed by atoms with van der Waals surface area (Å²) < 4.78 is 0. The smallest absolute Gasteiger partial charge is 0.0859 e. The number of hydrogen-bond donors (Lipinski definition) is 1. The zero-order valence-corrected chi connectivity index (χ0v) is 10.9. The lowest BCUT2D eigenvalue weighted by molar-refractivity contribution is 0.277. The second kappa shape index (κ2) is 5.23. The highest BCUT2D eigenvalue weighted by Crippen LogP contribution is 2.38. The van der Waals surface area contributed by atoms with Crippen LogP contribution in [-0.4, -0.2) is 10.1 Å². The number of pyridine rings is 1. The summed E-state index contributed by atoms with van der Waals surface area (Å²) in [6, 6.07) is 6.78. The molecular weight excluding hydrogens is 280 g/mol. The molecule has 2 nitrogen and oxygen atoms in total. The quantitative estimate of drug-likeness (QED) is 0.898. The van der Waals surface area contributed by atoms with E-state index in [0.717, 1.165) is 0 Å². The van der Waals surface area contributed by atoms with Crippen molar-refractivity contribution >= 4 is 34.8 Å². The lowest BCUT2D eigenvalue weighted by atomic mass is 10.0. The summed E-state index contributed by atoms with van der Waals surface area (Å²) in [4.78, 5) is 4.08. The van der Waals surface area contributed by atoms with Crippen LogP contribution in [0.4, 0.5) is 0 Å². The van der Waals surface area contributed by atoms with Crippen LogP contribution in [0.5, 0.6) is 0 Å². The lowest BCUT2D eigenvalue weighted by Gasteiger charge is -2.10. The molecule has 17 heavy (non-hydrogen) atoms. The number of hydrogen-bond acceptors (Lipinski definition) is 2. The Morgan fingerprint density at radius 2 is 1.76 bits per heavy atom. The molecule has 1 aromatic heterocycles. The van der Waals surface area contributed by atoms with Crippen LogP contribution in [0.15, 0.2) is 30.5 Å². The first-order chi connectivity index (χ1) is 8.13. The van der Waals surface area contributed by atoms with Gasteiger partial charge in [0.15, 0.2) is 0 Å². The first-order valence-corrected chi connectivity index (χ1v) is 5.96. The predicted octanol–water partition coefficient (Wildman–Crippen LogP) is 4.20. The number of nitrogens with zero attached hydrogens (tertiary/aromatic N) is 1. The maximum absolute atomic E-state index is 9.24. The normalized spacial score (nSPS) is 10.6. The molecule has 0 fully saturated rings. The lowest BCUT2D eigenvalue weighted by Crippen LogP contribution is -1.94. The molecule has 1 N–H and O–H groups in total. The second-order valence-corrected chi connectivity index (χ2v) is 4.65. The van der Waals surface area contributed by atoms with E-state index in [1.54, 1.807) is 30.5 Å². The third kappa shape index (κ3) is 2.55. The third-order valence-electron chi connectivity index (χ3n) is 2.32. The van der Waals surface area contributed by atoms with Crippen molar-refractivity contribution in [2.24, 2.45) is 0 Å². The average molecular weight is 289 g/mol. The molecule has 0 atom stereocenters. The molecule has 0 unspecified atom stereocenters. The molecule has 0 bridgehead atoms. The van der Waals surface area contributed by atoms with Crippen molar-refractivity contribution in [3.63, 3.8) is 0 Å². The van der Waals surface area contributed by atoms with Crippen LogP contribution in [0.25, 0.3) is 11.1 Å². The maximum Gasteiger partial charge on any atom is 0.0859 e. The molecule has 2 rings (SSSR count). The van der Waals surface area contributed by atoms with E-state index in [-0.39, 0.29) is 6.61 Å². The van der Waals surface area contributed by atoms with Gasteiger partial charge in [0.1, 0.15) is 0 Å². The van der Waals surface area contributed by atoms with Gasteiger partial charge in [0.05, 0.1) is 22.3 Å². The van der Waals surface area contributed by atoms with Crippen molar-refractivity contribution in [1.82, 2.24) is 4.98 Å². The zero-order valence-electron chi connectivity index (χ0n) is 8.62. The Balaban J connectivity index is 2.68. The minimum Gasteiger partial charge on any atom is -0.390 e. The van der Waals surface area contributed by atoms with Gasteiger partial charge in [-0.05, 0) is 18.2 Å². The van der Waals surface area contributed by atoms with Gasteiger partial charge >= 0.3 is 0 Å². The van der Waals surface area contributed by atoms with Crippen molar-refractivity contribution in [1.29, 1.82) is 0 Å². The minimum atomic E-state index is -0.175. The number of aliphatic hydroxyl groups is 1. The van der Waals surface area contributed by atoms with Crippen LogP contribution < -0.4 is 0 Å². The minimum absolute atomic E-state index is 0.175. The van der Waals surface area contributed by atoms with Gasteiger partial charge in [-0.3, -0.25) is 4.98 Å². The first kappa shape index (κ1) is 12.7. The Hall–Kier alpha value is -0.800. The summed E-state index contributed by atoms with van der Waals surface area (Å²) in [5, 5.41) is 10.6. The molecule has 0 aliphatic carbocycles. The molecule has 0 amide bonds. The van der Waals surface area contributed by atoms with Crippen LogP contribution in [-0.2, 0) is 6.61 Å². The Bertz CT molecular complexity index is 534. The molecular formula is C12H8Cl3NO. The van der Waals surface area contributed by atoms with Crippen LogP contribution >= 0.6 is 34.8 Å². The van der Waals surface area contributed by atoms with Crippen molar-refractivity contribution in [3.8, 4) is 11.1 Å². The van der Waals surface area contributed by atoms with Gasteiger partial charge in [-0.2, -0.15) is 0 Å². The fraction of sp³-hybridized carbons (Fsp3) is 0.0833. The zero-order chi connectivity index (χ0) is 12.4. The highest BCUT2D eigenvalue weighted by Gasteiger charge is 2.13. The largest absolute Gasteiger partial charge is 0.390 e. The SMILES string of the molecule is OCc1ncccc1-c1c(Cl)cc(Cl)cc1Cl. The summed E-state index contributed by atoms with van der Waals surface area (Å²) in [7, 11) is 0. The molecule has 5 heteroatoms. The summed E-state index contributed by atoms with van der Waals surface area (Å²) >= 11 is 18.1. The molecule has 88 valence electrons. The number of aromatic nitrogens is 1. The Labute approximate surface area is 114 Å². The van der Waals surface area contributed by atoms with Crippen LogP contribution in [0.1, 0.15) is 5.69 Å². The molecule has 0 aliphatic rings. The highest BCUT2D eigenvalue weighted by atomic mass is 35.5. The molecule has 0 aliphatic heterocycles. The number of halogens is 3. The van der Waals surface area contributed by atoms with Crippen molar-refractivity contribution in [2.75, 3.05) is 0 Å². The molecule has 1 aromatic carbocycles. The van der Waals surface area contributed by atoms with Gasteiger partial charge in [-0.1, -0.05) is 40.9 Å². The first-order valence-electron chi connectivity index (χ1n) is 4.83. The van der Waals surface area contributed by atoms with Gasteiger partial charge < -0.3 is 5.11 Å². The highest BCUT2D eigenvalue weighted by molar-refractivity contribution is 6.41. The van der Waals surface area contributed by atoms with E-state index in [1.807, 2.05) is 0 Å². The van der Waals surface area contributed by atoms with E-state index in [0.29, 0.717) is 31.9 Å². The van der Waals surface area contributed by atoms with E-state index in [1.165, 1.54) is 0 Å². The molecule has 0 saturated heterocycles. The van der Waals surface area contributed by atoms with E-state index in [2.05, 4.69) is 4.98 Å². The van der Waals surface area contributed by atoms with Gasteiger partial charge in [0, 0.05) is 22.3 Å². The Morgan fingerprint density at radius 3 is 2.35 bits per heavy atom. The maximum atomic E-state index is 9.24. The van der Waals surface area contributed by atoms with E-state index < -0.39 is 0 Å². The molecule has 1 heterocycles. The number of benzene rings is 1.